The molecule has 2 rings (SSSR count). The topological polar surface area (TPSA) is 34.4 Å². The zero-order valence-corrected chi connectivity index (χ0v) is 15.7. The molecule has 0 aliphatic rings. The Morgan fingerprint density at radius 2 is 1.80 bits per heavy atom. The lowest BCUT2D eigenvalue weighted by Gasteiger charge is -2.19. The van der Waals surface area contributed by atoms with Crippen LogP contribution in [0.4, 0.5) is 8.78 Å². The Balaban J connectivity index is 1.78. The van der Waals surface area contributed by atoms with Crippen molar-refractivity contribution in [2.45, 2.75) is 57.6 Å². The van der Waals surface area contributed by atoms with Crippen molar-refractivity contribution in [1.29, 1.82) is 0 Å². The summed E-state index contributed by atoms with van der Waals surface area (Å²) in [5.74, 6) is -0.866. The van der Waals surface area contributed by atoms with Crippen LogP contribution in [0, 0.1) is 0 Å². The highest BCUT2D eigenvalue weighted by molar-refractivity contribution is 7.98. The molecular formula is C19H25F2NO2S. The molecule has 1 aromatic heterocycles. The van der Waals surface area contributed by atoms with Crippen LogP contribution in [0.25, 0.3) is 0 Å². The third kappa shape index (κ3) is 8.03. The van der Waals surface area contributed by atoms with E-state index in [0.29, 0.717) is 37.2 Å². The van der Waals surface area contributed by atoms with Gasteiger partial charge < -0.3 is 14.5 Å². The number of halogens is 2. The molecule has 0 saturated heterocycles. The van der Waals surface area contributed by atoms with Crippen molar-refractivity contribution in [3.63, 3.8) is 0 Å². The fourth-order valence-electron chi connectivity index (χ4n) is 2.20. The molecule has 2 aromatic rings. The Morgan fingerprint density at radius 1 is 1.08 bits per heavy atom. The van der Waals surface area contributed by atoms with Crippen LogP contribution in [-0.4, -0.2) is 11.4 Å². The van der Waals surface area contributed by atoms with Gasteiger partial charge in [-0.2, -0.15) is 8.78 Å². The normalized spacial score (nSPS) is 12.1. The van der Waals surface area contributed by atoms with E-state index in [1.165, 1.54) is 0 Å². The first kappa shape index (κ1) is 19.9. The molecule has 1 heterocycles. The standard InChI is InChI=1S/C19H25F2NO2S/c1-19(2,3)23-12-15-6-4-5-14(9-15)10-22-11-16-7-8-17(24-16)13-25-18(20)21/h4-9,18,22H,10-13H2,1-3H3. The molecule has 0 aliphatic carbocycles. The van der Waals surface area contributed by atoms with Crippen molar-refractivity contribution in [2.75, 3.05) is 0 Å². The van der Waals surface area contributed by atoms with Gasteiger partial charge in [-0.15, -0.1) is 0 Å². The number of benzene rings is 1. The van der Waals surface area contributed by atoms with Gasteiger partial charge in [0, 0.05) is 6.54 Å². The number of furan rings is 1. The van der Waals surface area contributed by atoms with Crippen LogP contribution in [0.2, 0.25) is 0 Å². The van der Waals surface area contributed by atoms with Crippen molar-refractivity contribution in [1.82, 2.24) is 5.32 Å². The second-order valence-corrected chi connectivity index (χ2v) is 7.74. The van der Waals surface area contributed by atoms with Crippen LogP contribution in [0.5, 0.6) is 0 Å². The summed E-state index contributed by atoms with van der Waals surface area (Å²) in [5, 5.41) is 3.31. The predicted octanol–water partition coefficient (Wildman–Crippen LogP) is 5.34. The van der Waals surface area contributed by atoms with Crippen LogP contribution in [0.3, 0.4) is 0 Å². The molecule has 1 aromatic carbocycles. The first-order chi connectivity index (χ1) is 11.8. The SMILES string of the molecule is CC(C)(C)OCc1cccc(CNCc2ccc(CSC(F)F)o2)c1. The summed E-state index contributed by atoms with van der Waals surface area (Å²) in [6.45, 7) is 7.95. The first-order valence-corrected chi connectivity index (χ1v) is 9.26. The van der Waals surface area contributed by atoms with E-state index >= 15 is 0 Å². The van der Waals surface area contributed by atoms with E-state index in [4.69, 9.17) is 9.15 Å². The fourth-order valence-corrected chi connectivity index (χ4v) is 2.64. The number of rotatable bonds is 9. The Kier molecular flexibility index (Phi) is 7.47. The lowest BCUT2D eigenvalue weighted by atomic mass is 10.1. The lowest BCUT2D eigenvalue weighted by Crippen LogP contribution is -2.18. The van der Waals surface area contributed by atoms with Gasteiger partial charge in [0.15, 0.2) is 0 Å². The van der Waals surface area contributed by atoms with Crippen LogP contribution >= 0.6 is 11.8 Å². The molecule has 6 heteroatoms. The number of nitrogens with one attached hydrogen (secondary N) is 1. The Hall–Kier alpha value is -1.37. The number of hydrogen-bond donors (Lipinski definition) is 1. The summed E-state index contributed by atoms with van der Waals surface area (Å²) in [6, 6.07) is 11.8. The highest BCUT2D eigenvalue weighted by Crippen LogP contribution is 2.21. The molecule has 0 saturated carbocycles. The first-order valence-electron chi connectivity index (χ1n) is 8.22. The average Bonchev–Trinajstić information content (AvgIpc) is 2.99. The van der Waals surface area contributed by atoms with E-state index in [0.717, 1.165) is 16.9 Å². The van der Waals surface area contributed by atoms with Crippen molar-refractivity contribution >= 4 is 11.8 Å². The molecule has 3 nitrogen and oxygen atoms in total. The summed E-state index contributed by atoms with van der Waals surface area (Å²) in [4.78, 5) is 0. The van der Waals surface area contributed by atoms with Gasteiger partial charge in [-0.05, 0) is 44.0 Å². The minimum absolute atomic E-state index is 0.159. The van der Waals surface area contributed by atoms with Gasteiger partial charge in [0.25, 0.3) is 5.76 Å². The second-order valence-electron chi connectivity index (χ2n) is 6.76. The van der Waals surface area contributed by atoms with Gasteiger partial charge in [-0.1, -0.05) is 36.0 Å². The molecule has 0 unspecified atom stereocenters. The molecule has 138 valence electrons. The van der Waals surface area contributed by atoms with Crippen molar-refractivity contribution < 1.29 is 17.9 Å². The Morgan fingerprint density at radius 3 is 2.52 bits per heavy atom. The molecule has 1 N–H and O–H groups in total. The summed E-state index contributed by atoms with van der Waals surface area (Å²) in [6.07, 6.45) is 0. The van der Waals surface area contributed by atoms with Gasteiger partial charge in [0.05, 0.1) is 24.5 Å². The monoisotopic (exact) mass is 369 g/mol. The lowest BCUT2D eigenvalue weighted by molar-refractivity contribution is -0.0149. The molecule has 0 aliphatic heterocycles. The third-order valence-corrected chi connectivity index (χ3v) is 4.06. The molecule has 0 atom stereocenters. The van der Waals surface area contributed by atoms with E-state index in [9.17, 15) is 8.78 Å². The smallest absolute Gasteiger partial charge is 0.284 e. The van der Waals surface area contributed by atoms with Crippen LogP contribution in [-0.2, 0) is 30.2 Å². The highest BCUT2D eigenvalue weighted by Gasteiger charge is 2.10. The second kappa shape index (κ2) is 9.36. The van der Waals surface area contributed by atoms with E-state index in [1.54, 1.807) is 6.07 Å². The average molecular weight is 369 g/mol. The van der Waals surface area contributed by atoms with Gasteiger partial charge in [0.1, 0.15) is 11.5 Å². The maximum atomic E-state index is 12.2. The minimum atomic E-state index is -2.37. The van der Waals surface area contributed by atoms with Crippen molar-refractivity contribution in [2.24, 2.45) is 0 Å². The fraction of sp³-hybridized carbons (Fsp3) is 0.474. The van der Waals surface area contributed by atoms with Crippen molar-refractivity contribution in [3.05, 3.63) is 59.0 Å². The van der Waals surface area contributed by atoms with Gasteiger partial charge in [0.2, 0.25) is 0 Å². The number of hydrogen-bond acceptors (Lipinski definition) is 4. The molecule has 0 fully saturated rings. The van der Waals surface area contributed by atoms with E-state index < -0.39 is 5.76 Å². The van der Waals surface area contributed by atoms with E-state index in [-0.39, 0.29) is 11.4 Å². The quantitative estimate of drug-likeness (QED) is 0.647. The molecule has 0 amide bonds. The zero-order valence-electron chi connectivity index (χ0n) is 14.9. The Labute approximate surface area is 152 Å². The molecule has 0 spiro atoms. The van der Waals surface area contributed by atoms with Crippen LogP contribution in [0.1, 0.15) is 43.4 Å². The van der Waals surface area contributed by atoms with Gasteiger partial charge in [-0.25, -0.2) is 0 Å². The van der Waals surface area contributed by atoms with Crippen molar-refractivity contribution in [3.8, 4) is 0 Å². The summed E-state index contributed by atoms with van der Waals surface area (Å²) >= 11 is 0.567. The summed E-state index contributed by atoms with van der Waals surface area (Å²) in [7, 11) is 0. The molecule has 0 bridgehead atoms. The maximum Gasteiger partial charge on any atom is 0.284 e. The predicted molar refractivity (Wildman–Crippen MR) is 97.5 cm³/mol. The highest BCUT2D eigenvalue weighted by atomic mass is 32.2. The molecule has 25 heavy (non-hydrogen) atoms. The van der Waals surface area contributed by atoms with Crippen LogP contribution in [0.15, 0.2) is 40.8 Å². The molecular weight excluding hydrogens is 344 g/mol. The summed E-state index contributed by atoms with van der Waals surface area (Å²) < 4.78 is 35.7. The summed E-state index contributed by atoms with van der Waals surface area (Å²) in [5.41, 5.74) is 2.14. The van der Waals surface area contributed by atoms with Crippen LogP contribution < -0.4 is 5.32 Å². The largest absolute Gasteiger partial charge is 0.464 e. The zero-order chi connectivity index (χ0) is 18.3. The van der Waals surface area contributed by atoms with Gasteiger partial charge >= 0.3 is 0 Å². The third-order valence-electron chi connectivity index (χ3n) is 3.36. The van der Waals surface area contributed by atoms with E-state index in [2.05, 4.69) is 23.5 Å². The van der Waals surface area contributed by atoms with E-state index in [1.807, 2.05) is 32.9 Å². The number of ether oxygens (including phenoxy) is 1. The minimum Gasteiger partial charge on any atom is -0.464 e. The number of alkyl halides is 2. The molecule has 0 radical (unpaired) electrons. The maximum absolute atomic E-state index is 12.2. The Bertz CT molecular complexity index is 653. The van der Waals surface area contributed by atoms with Gasteiger partial charge in [-0.3, -0.25) is 0 Å². The number of thioether (sulfide) groups is 1.